The minimum atomic E-state index is -0.445. The summed E-state index contributed by atoms with van der Waals surface area (Å²) in [6, 6.07) is 11.5. The maximum atomic E-state index is 13.0. The standard InChI is InChI=1S/C15H12FNO/c1-10-4-3-5-14(11(10)2)18-15-7-6-13(16)8-12(15)9-17/h3-8H,1-2H3. The Balaban J connectivity index is 2.41. The highest BCUT2D eigenvalue weighted by molar-refractivity contribution is 5.47. The smallest absolute Gasteiger partial charge is 0.145 e. The van der Waals surface area contributed by atoms with E-state index in [-0.39, 0.29) is 5.56 Å². The lowest BCUT2D eigenvalue weighted by Gasteiger charge is -2.11. The van der Waals surface area contributed by atoms with Crippen LogP contribution in [0.5, 0.6) is 11.5 Å². The quantitative estimate of drug-likeness (QED) is 0.792. The van der Waals surface area contributed by atoms with Crippen LogP contribution in [-0.2, 0) is 0 Å². The third kappa shape index (κ3) is 2.33. The molecular formula is C15H12FNO. The van der Waals surface area contributed by atoms with E-state index in [0.717, 1.165) is 11.1 Å². The molecule has 2 rings (SSSR count). The lowest BCUT2D eigenvalue weighted by Crippen LogP contribution is -1.92. The van der Waals surface area contributed by atoms with Gasteiger partial charge in [0.25, 0.3) is 0 Å². The predicted molar refractivity (Wildman–Crippen MR) is 67.1 cm³/mol. The zero-order valence-corrected chi connectivity index (χ0v) is 10.2. The van der Waals surface area contributed by atoms with Crippen molar-refractivity contribution in [3.63, 3.8) is 0 Å². The van der Waals surface area contributed by atoms with Gasteiger partial charge in [0, 0.05) is 0 Å². The van der Waals surface area contributed by atoms with Gasteiger partial charge in [0.05, 0.1) is 5.56 Å². The molecule has 2 nitrogen and oxygen atoms in total. The molecule has 0 amide bonds. The number of rotatable bonds is 2. The van der Waals surface area contributed by atoms with Gasteiger partial charge in [0.1, 0.15) is 23.4 Å². The molecule has 0 aromatic heterocycles. The van der Waals surface area contributed by atoms with E-state index in [2.05, 4.69) is 0 Å². The first-order chi connectivity index (χ1) is 8.61. The van der Waals surface area contributed by atoms with Gasteiger partial charge in [-0.2, -0.15) is 5.26 Å². The first-order valence-electron chi connectivity index (χ1n) is 5.55. The highest BCUT2D eigenvalue weighted by atomic mass is 19.1. The molecule has 0 atom stereocenters. The fourth-order valence-electron chi connectivity index (χ4n) is 1.63. The normalized spacial score (nSPS) is 9.89. The lowest BCUT2D eigenvalue weighted by molar-refractivity contribution is 0.474. The molecule has 90 valence electrons. The van der Waals surface area contributed by atoms with Crippen LogP contribution in [0.2, 0.25) is 0 Å². The Morgan fingerprint density at radius 2 is 1.89 bits per heavy atom. The number of ether oxygens (including phenoxy) is 1. The third-order valence-corrected chi connectivity index (χ3v) is 2.84. The van der Waals surface area contributed by atoms with Crippen LogP contribution in [-0.4, -0.2) is 0 Å². The summed E-state index contributed by atoms with van der Waals surface area (Å²) in [5.41, 5.74) is 2.30. The Morgan fingerprint density at radius 1 is 1.11 bits per heavy atom. The molecule has 0 aliphatic carbocycles. The summed E-state index contributed by atoms with van der Waals surface area (Å²) >= 11 is 0. The Kier molecular flexibility index (Phi) is 3.29. The minimum absolute atomic E-state index is 0.191. The molecule has 3 heteroatoms. The van der Waals surface area contributed by atoms with Crippen LogP contribution < -0.4 is 4.74 Å². The molecule has 0 saturated heterocycles. The summed E-state index contributed by atoms with van der Waals surface area (Å²) in [5.74, 6) is 0.602. The number of nitriles is 1. The summed E-state index contributed by atoms with van der Waals surface area (Å²) in [7, 11) is 0. The highest BCUT2D eigenvalue weighted by Gasteiger charge is 2.08. The average molecular weight is 241 g/mol. The highest BCUT2D eigenvalue weighted by Crippen LogP contribution is 2.29. The van der Waals surface area contributed by atoms with E-state index >= 15 is 0 Å². The molecule has 0 heterocycles. The van der Waals surface area contributed by atoms with Crippen molar-refractivity contribution < 1.29 is 9.13 Å². The number of halogens is 1. The Labute approximate surface area is 105 Å². The fourth-order valence-corrected chi connectivity index (χ4v) is 1.63. The maximum absolute atomic E-state index is 13.0. The molecule has 0 spiro atoms. The van der Waals surface area contributed by atoms with Crippen LogP contribution in [0.25, 0.3) is 0 Å². The molecule has 0 aliphatic rings. The van der Waals surface area contributed by atoms with Gasteiger partial charge in [-0.1, -0.05) is 12.1 Å². The first-order valence-corrected chi connectivity index (χ1v) is 5.55. The van der Waals surface area contributed by atoms with E-state index in [4.69, 9.17) is 10.00 Å². The van der Waals surface area contributed by atoms with Crippen molar-refractivity contribution in [2.24, 2.45) is 0 Å². The molecule has 0 radical (unpaired) electrons. The van der Waals surface area contributed by atoms with Gasteiger partial charge < -0.3 is 4.74 Å². The van der Waals surface area contributed by atoms with Gasteiger partial charge in [-0.15, -0.1) is 0 Å². The summed E-state index contributed by atoms with van der Waals surface area (Å²) in [6.45, 7) is 3.93. The lowest BCUT2D eigenvalue weighted by atomic mass is 10.1. The molecule has 2 aromatic carbocycles. The van der Waals surface area contributed by atoms with Crippen molar-refractivity contribution in [3.8, 4) is 17.6 Å². The Morgan fingerprint density at radius 3 is 2.61 bits per heavy atom. The summed E-state index contributed by atoms with van der Waals surface area (Å²) < 4.78 is 18.7. The summed E-state index contributed by atoms with van der Waals surface area (Å²) in [4.78, 5) is 0. The van der Waals surface area contributed by atoms with Crippen molar-refractivity contribution in [2.45, 2.75) is 13.8 Å². The van der Waals surface area contributed by atoms with Crippen LogP contribution >= 0.6 is 0 Å². The van der Waals surface area contributed by atoms with E-state index in [0.29, 0.717) is 11.5 Å². The van der Waals surface area contributed by atoms with Crippen molar-refractivity contribution >= 4 is 0 Å². The molecule has 0 bridgehead atoms. The number of hydrogen-bond acceptors (Lipinski definition) is 2. The zero-order valence-electron chi connectivity index (χ0n) is 10.2. The van der Waals surface area contributed by atoms with Crippen molar-refractivity contribution in [2.75, 3.05) is 0 Å². The molecule has 0 saturated carbocycles. The van der Waals surface area contributed by atoms with Crippen molar-refractivity contribution in [1.82, 2.24) is 0 Å². The van der Waals surface area contributed by atoms with Gasteiger partial charge in [-0.25, -0.2) is 4.39 Å². The van der Waals surface area contributed by atoms with Gasteiger partial charge >= 0.3 is 0 Å². The monoisotopic (exact) mass is 241 g/mol. The average Bonchev–Trinajstić information content (AvgIpc) is 2.37. The van der Waals surface area contributed by atoms with Crippen LogP contribution in [0.15, 0.2) is 36.4 Å². The number of hydrogen-bond donors (Lipinski definition) is 0. The molecule has 0 aliphatic heterocycles. The second-order valence-electron chi connectivity index (χ2n) is 4.05. The van der Waals surface area contributed by atoms with Gasteiger partial charge in [0.2, 0.25) is 0 Å². The topological polar surface area (TPSA) is 33.0 Å². The zero-order chi connectivity index (χ0) is 13.1. The third-order valence-electron chi connectivity index (χ3n) is 2.84. The number of aryl methyl sites for hydroxylation is 1. The molecule has 0 N–H and O–H groups in total. The maximum Gasteiger partial charge on any atom is 0.145 e. The van der Waals surface area contributed by atoms with E-state index < -0.39 is 5.82 Å². The fraction of sp³-hybridized carbons (Fsp3) is 0.133. The second-order valence-corrected chi connectivity index (χ2v) is 4.05. The van der Waals surface area contributed by atoms with Crippen molar-refractivity contribution in [1.29, 1.82) is 5.26 Å². The second kappa shape index (κ2) is 4.89. The molecule has 0 unspecified atom stereocenters. The Hall–Kier alpha value is -2.34. The predicted octanol–water partition coefficient (Wildman–Crippen LogP) is 4.11. The van der Waals surface area contributed by atoms with Gasteiger partial charge in [0.15, 0.2) is 0 Å². The molecule has 18 heavy (non-hydrogen) atoms. The van der Waals surface area contributed by atoms with Crippen LogP contribution in [0.4, 0.5) is 4.39 Å². The van der Waals surface area contributed by atoms with E-state index in [1.165, 1.54) is 18.2 Å². The van der Waals surface area contributed by atoms with Gasteiger partial charge in [-0.05, 0) is 49.2 Å². The summed E-state index contributed by atoms with van der Waals surface area (Å²) in [6.07, 6.45) is 0. The van der Waals surface area contributed by atoms with E-state index in [1.54, 1.807) is 0 Å². The molecule has 0 fully saturated rings. The molecular weight excluding hydrogens is 229 g/mol. The summed E-state index contributed by atoms with van der Waals surface area (Å²) in [5, 5.41) is 8.95. The minimum Gasteiger partial charge on any atom is -0.456 e. The SMILES string of the molecule is Cc1cccc(Oc2ccc(F)cc2C#N)c1C. The molecule has 2 aromatic rings. The van der Waals surface area contributed by atoms with E-state index in [9.17, 15) is 4.39 Å². The van der Waals surface area contributed by atoms with Crippen LogP contribution in [0.1, 0.15) is 16.7 Å². The number of nitrogens with zero attached hydrogens (tertiary/aromatic N) is 1. The van der Waals surface area contributed by atoms with Crippen LogP contribution in [0, 0.1) is 31.0 Å². The first kappa shape index (κ1) is 12.1. The van der Waals surface area contributed by atoms with Crippen LogP contribution in [0.3, 0.4) is 0 Å². The number of benzene rings is 2. The van der Waals surface area contributed by atoms with Gasteiger partial charge in [-0.3, -0.25) is 0 Å². The Bertz CT molecular complexity index is 629. The van der Waals surface area contributed by atoms with E-state index in [1.807, 2.05) is 38.1 Å². The van der Waals surface area contributed by atoms with Crippen molar-refractivity contribution in [3.05, 3.63) is 58.9 Å². The largest absolute Gasteiger partial charge is 0.456 e.